The Kier molecular flexibility index (Phi) is 8.03. The van der Waals surface area contributed by atoms with E-state index in [4.69, 9.17) is 16.3 Å². The van der Waals surface area contributed by atoms with Crippen LogP contribution in [0.1, 0.15) is 26.7 Å². The van der Waals surface area contributed by atoms with Crippen LogP contribution in [0.3, 0.4) is 0 Å². The Balaban J connectivity index is 2.11. The van der Waals surface area contributed by atoms with Crippen LogP contribution in [0.25, 0.3) is 0 Å². The molecule has 152 valence electrons. The first-order chi connectivity index (χ1) is 12.2. The number of hydrogen-bond donors (Lipinski definition) is 4. The van der Waals surface area contributed by atoms with Gasteiger partial charge in [-0.3, -0.25) is 9.69 Å². The minimum atomic E-state index is -1.36. The van der Waals surface area contributed by atoms with Gasteiger partial charge in [0.15, 0.2) is 0 Å². The Bertz CT molecular complexity index is 484. The Hall–Kier alpha value is -0.0900. The van der Waals surface area contributed by atoms with Gasteiger partial charge in [0.2, 0.25) is 5.91 Å². The second-order valence-electron chi connectivity index (χ2n) is 7.35. The SMILES string of the molecule is CC[C@@H]1C[C@H](C(=O)N[C@@H]([C@@H]2O[C@H](SC)[C@H](O)[C@@H](O)[C@H]2O)[C@H](C)Cl)N(C)C1. The number of carbonyl (C=O) groups is 1. The van der Waals surface area contributed by atoms with Crippen LogP contribution in [0, 0.1) is 5.92 Å². The number of likely N-dealkylation sites (tertiary alicyclic amines) is 1. The summed E-state index contributed by atoms with van der Waals surface area (Å²) in [6.45, 7) is 4.70. The highest BCUT2D eigenvalue weighted by atomic mass is 35.5. The summed E-state index contributed by atoms with van der Waals surface area (Å²) in [5, 5.41) is 32.9. The Morgan fingerprint density at radius 3 is 2.50 bits per heavy atom. The van der Waals surface area contributed by atoms with Crippen molar-refractivity contribution in [3.05, 3.63) is 0 Å². The summed E-state index contributed by atoms with van der Waals surface area (Å²) in [5.41, 5.74) is -0.702. The monoisotopic (exact) mass is 410 g/mol. The molecular formula is C17H31ClN2O5S. The first-order valence-electron chi connectivity index (χ1n) is 9.08. The lowest BCUT2D eigenvalue weighted by Crippen LogP contribution is -2.65. The van der Waals surface area contributed by atoms with E-state index in [-0.39, 0.29) is 11.9 Å². The van der Waals surface area contributed by atoms with Crippen molar-refractivity contribution in [2.24, 2.45) is 5.92 Å². The number of aliphatic hydroxyl groups excluding tert-OH is 3. The van der Waals surface area contributed by atoms with Crippen molar-refractivity contribution in [1.29, 1.82) is 0 Å². The van der Waals surface area contributed by atoms with Gasteiger partial charge in [-0.1, -0.05) is 13.3 Å². The zero-order chi connectivity index (χ0) is 19.6. The van der Waals surface area contributed by atoms with E-state index >= 15 is 0 Å². The summed E-state index contributed by atoms with van der Waals surface area (Å²) in [4.78, 5) is 14.8. The summed E-state index contributed by atoms with van der Waals surface area (Å²) in [6, 6.07) is -0.935. The number of likely N-dealkylation sites (N-methyl/N-ethyl adjacent to an activating group) is 1. The Morgan fingerprint density at radius 2 is 2.00 bits per heavy atom. The third-order valence-electron chi connectivity index (χ3n) is 5.51. The Morgan fingerprint density at radius 1 is 1.35 bits per heavy atom. The summed E-state index contributed by atoms with van der Waals surface area (Å²) in [5.74, 6) is 0.329. The third-order valence-corrected chi connectivity index (χ3v) is 6.64. The van der Waals surface area contributed by atoms with E-state index in [2.05, 4.69) is 12.2 Å². The topological polar surface area (TPSA) is 102 Å². The maximum Gasteiger partial charge on any atom is 0.237 e. The second kappa shape index (κ2) is 9.41. The number of alkyl halides is 1. The van der Waals surface area contributed by atoms with Crippen LogP contribution >= 0.6 is 23.4 Å². The van der Waals surface area contributed by atoms with Crippen molar-refractivity contribution in [2.45, 2.75) is 74.0 Å². The first kappa shape index (κ1) is 22.2. The molecule has 0 aliphatic carbocycles. The van der Waals surface area contributed by atoms with Crippen LogP contribution in [0.15, 0.2) is 0 Å². The number of nitrogens with one attached hydrogen (secondary N) is 1. The highest BCUT2D eigenvalue weighted by Crippen LogP contribution is 2.31. The number of halogens is 1. The van der Waals surface area contributed by atoms with Gasteiger partial charge < -0.3 is 25.4 Å². The van der Waals surface area contributed by atoms with E-state index in [0.717, 1.165) is 19.4 Å². The molecule has 26 heavy (non-hydrogen) atoms. The van der Waals surface area contributed by atoms with Crippen molar-refractivity contribution >= 4 is 29.3 Å². The van der Waals surface area contributed by atoms with Gasteiger partial charge in [0.25, 0.3) is 0 Å². The van der Waals surface area contributed by atoms with Crippen LogP contribution in [0.5, 0.6) is 0 Å². The summed E-state index contributed by atoms with van der Waals surface area (Å²) >= 11 is 7.52. The molecule has 0 saturated carbocycles. The van der Waals surface area contributed by atoms with Crippen LogP contribution in [0.4, 0.5) is 0 Å². The maximum absolute atomic E-state index is 12.8. The summed E-state index contributed by atoms with van der Waals surface area (Å²) in [6.07, 6.45) is -1.27. The number of rotatable bonds is 6. The molecule has 2 saturated heterocycles. The largest absolute Gasteiger partial charge is 0.388 e. The first-order valence-corrected chi connectivity index (χ1v) is 10.8. The molecule has 2 aliphatic rings. The number of nitrogens with zero attached hydrogens (tertiary/aromatic N) is 1. The lowest BCUT2D eigenvalue weighted by Gasteiger charge is -2.44. The fraction of sp³-hybridized carbons (Fsp3) is 0.941. The lowest BCUT2D eigenvalue weighted by molar-refractivity contribution is -0.205. The molecule has 2 heterocycles. The third kappa shape index (κ3) is 4.66. The van der Waals surface area contributed by atoms with E-state index in [0.29, 0.717) is 5.92 Å². The normalized spacial score (nSPS) is 41.0. The molecule has 4 N–H and O–H groups in total. The van der Waals surface area contributed by atoms with E-state index in [1.165, 1.54) is 11.8 Å². The molecule has 0 spiro atoms. The zero-order valence-electron chi connectivity index (χ0n) is 15.7. The molecule has 9 heteroatoms. The van der Waals surface area contributed by atoms with Crippen molar-refractivity contribution in [3.63, 3.8) is 0 Å². The van der Waals surface area contributed by atoms with Crippen molar-refractivity contribution < 1.29 is 24.9 Å². The van der Waals surface area contributed by atoms with Gasteiger partial charge in [-0.15, -0.1) is 23.4 Å². The number of ether oxygens (including phenoxy) is 1. The van der Waals surface area contributed by atoms with Crippen molar-refractivity contribution in [1.82, 2.24) is 10.2 Å². The molecule has 0 aromatic rings. The van der Waals surface area contributed by atoms with Crippen molar-refractivity contribution in [3.8, 4) is 0 Å². The van der Waals surface area contributed by atoms with Crippen LogP contribution in [-0.2, 0) is 9.53 Å². The predicted molar refractivity (Wildman–Crippen MR) is 102 cm³/mol. The number of hydrogen-bond acceptors (Lipinski definition) is 7. The molecule has 7 nitrogen and oxygen atoms in total. The Labute approximate surface area is 164 Å². The molecule has 0 bridgehead atoms. The quantitative estimate of drug-likeness (QED) is 0.457. The molecular weight excluding hydrogens is 380 g/mol. The number of amides is 1. The van der Waals surface area contributed by atoms with Gasteiger partial charge in [0, 0.05) is 6.54 Å². The van der Waals surface area contributed by atoms with E-state index in [1.807, 2.05) is 11.9 Å². The predicted octanol–water partition coefficient (Wildman–Crippen LogP) is -0.000600. The molecule has 0 unspecified atom stereocenters. The van der Waals surface area contributed by atoms with E-state index in [1.54, 1.807) is 13.2 Å². The standard InChI is InChI=1S/C17H31ClN2O5S/c1-5-9-6-10(20(3)7-9)16(24)19-11(8(2)18)15-13(22)12(21)14(23)17(25-15)26-4/h8-15,17,21-23H,5-7H2,1-4H3,(H,19,24)/t8-,9+,10+,11+,12-,13+,14+,15-,17+/m0/s1. The molecule has 2 aliphatic heterocycles. The molecule has 2 fully saturated rings. The number of aliphatic hydroxyl groups is 3. The average molecular weight is 411 g/mol. The minimum Gasteiger partial charge on any atom is -0.388 e. The van der Waals surface area contributed by atoms with E-state index in [9.17, 15) is 20.1 Å². The fourth-order valence-electron chi connectivity index (χ4n) is 3.79. The maximum atomic E-state index is 12.8. The number of thioether (sulfide) groups is 1. The molecule has 0 aromatic heterocycles. The van der Waals surface area contributed by atoms with Gasteiger partial charge in [0.05, 0.1) is 17.5 Å². The lowest BCUT2D eigenvalue weighted by atomic mass is 9.92. The molecule has 0 radical (unpaired) electrons. The molecule has 0 aromatic carbocycles. The fourth-order valence-corrected chi connectivity index (χ4v) is 4.68. The second-order valence-corrected chi connectivity index (χ2v) is 8.98. The van der Waals surface area contributed by atoms with Gasteiger partial charge in [0.1, 0.15) is 29.9 Å². The smallest absolute Gasteiger partial charge is 0.237 e. The van der Waals surface area contributed by atoms with Crippen LogP contribution in [-0.4, -0.2) is 93.3 Å². The summed E-state index contributed by atoms with van der Waals surface area (Å²) in [7, 11) is 1.93. The average Bonchev–Trinajstić information content (AvgIpc) is 2.99. The van der Waals surface area contributed by atoms with Gasteiger partial charge in [-0.25, -0.2) is 0 Å². The molecule has 1 amide bonds. The zero-order valence-corrected chi connectivity index (χ0v) is 17.3. The van der Waals surface area contributed by atoms with Gasteiger partial charge in [-0.05, 0) is 32.6 Å². The van der Waals surface area contributed by atoms with Crippen molar-refractivity contribution in [2.75, 3.05) is 19.8 Å². The number of carbonyl (C=O) groups excluding carboxylic acids is 1. The van der Waals surface area contributed by atoms with Gasteiger partial charge >= 0.3 is 0 Å². The minimum absolute atomic E-state index is 0.155. The highest BCUT2D eigenvalue weighted by molar-refractivity contribution is 7.99. The van der Waals surface area contributed by atoms with Gasteiger partial charge in [-0.2, -0.15) is 0 Å². The van der Waals surface area contributed by atoms with Crippen LogP contribution in [0.2, 0.25) is 0 Å². The molecule has 9 atom stereocenters. The van der Waals surface area contributed by atoms with E-state index < -0.39 is 41.3 Å². The highest BCUT2D eigenvalue weighted by Gasteiger charge is 2.48. The van der Waals surface area contributed by atoms with Crippen LogP contribution < -0.4 is 5.32 Å². The molecule has 2 rings (SSSR count). The summed E-state index contributed by atoms with van der Waals surface area (Å²) < 4.78 is 5.78.